The number of H-pyrrole nitrogens is 1. The molecule has 21 heavy (non-hydrogen) atoms. The van der Waals surface area contributed by atoms with E-state index < -0.39 is 41.3 Å². The zero-order chi connectivity index (χ0) is 15.9. The van der Waals surface area contributed by atoms with E-state index in [0.29, 0.717) is 10.1 Å². The van der Waals surface area contributed by atoms with E-state index in [0.717, 1.165) is 12.3 Å². The number of aromatic nitrogens is 2. The minimum atomic E-state index is -3.12. The van der Waals surface area contributed by atoms with Crippen LogP contribution in [0.2, 0.25) is 0 Å². The molecule has 9 heteroatoms. The molecule has 1 fully saturated rings. The van der Waals surface area contributed by atoms with Gasteiger partial charge in [-0.1, -0.05) is 0 Å². The molecule has 0 aliphatic carbocycles. The maximum Gasteiger partial charge on any atom is 0.332 e. The van der Waals surface area contributed by atoms with Gasteiger partial charge in [-0.25, -0.2) is 9.36 Å². The van der Waals surface area contributed by atoms with E-state index in [4.69, 9.17) is 4.74 Å². The molecule has 0 bridgehead atoms. The monoisotopic (exact) mass is 302 g/mol. The van der Waals surface area contributed by atoms with E-state index in [9.17, 15) is 29.3 Å². The Labute approximate surface area is 117 Å². The fourth-order valence-electron chi connectivity index (χ4n) is 2.05. The largest absolute Gasteiger partial charge is 0.510 e. The molecule has 0 amide bonds. The number of nitrogens with one attached hydrogen (secondary N) is 1. The molecule has 0 aromatic carbocycles. The molecule has 1 aliphatic rings. The summed E-state index contributed by atoms with van der Waals surface area (Å²) in [6.45, 7) is 3.00. The molecule has 2 heterocycles. The number of hydrogen-bond donors (Lipinski definition) is 4. The highest BCUT2D eigenvalue weighted by atomic mass is 19.2. The van der Waals surface area contributed by atoms with E-state index in [2.05, 4.69) is 0 Å². The maximum absolute atomic E-state index is 14.8. The fraction of sp³-hybridized carbons (Fsp3) is 0.500. The Kier molecular flexibility index (Phi) is 3.74. The van der Waals surface area contributed by atoms with Gasteiger partial charge in [-0.2, -0.15) is 4.39 Å². The molecule has 1 aromatic heterocycles. The van der Waals surface area contributed by atoms with Crippen LogP contribution in [0.4, 0.5) is 4.39 Å². The van der Waals surface area contributed by atoms with Crippen molar-refractivity contribution >= 4 is 0 Å². The second kappa shape index (κ2) is 5.10. The lowest BCUT2D eigenvalue weighted by atomic mass is 10.1. The molecule has 4 N–H and O–H groups in total. The zero-order valence-corrected chi connectivity index (χ0v) is 11.3. The van der Waals surface area contributed by atoms with E-state index in [-0.39, 0.29) is 0 Å². The topological polar surface area (TPSA) is 125 Å². The number of rotatable bonds is 2. The van der Waals surface area contributed by atoms with E-state index >= 15 is 0 Å². The summed E-state index contributed by atoms with van der Waals surface area (Å²) >= 11 is 0. The van der Waals surface area contributed by atoms with E-state index in [1.807, 2.05) is 4.98 Å². The van der Waals surface area contributed by atoms with Crippen molar-refractivity contribution in [3.05, 3.63) is 44.4 Å². The van der Waals surface area contributed by atoms with Crippen LogP contribution in [0.3, 0.4) is 0 Å². The van der Waals surface area contributed by atoms with Crippen molar-refractivity contribution in [3.63, 3.8) is 0 Å². The molecule has 0 saturated carbocycles. The number of alkyl halides is 1. The standard InChI is InChI=1S/C12H15FN2O6/c1-5(2)7(17)9-8(18)10(19)12(13,21-9)15-4-3-6(16)14-11(15)20/h3-4,8-10,17-19H,1-2H3,(H,14,16,20)/t8-,9-,10-,12+/m1/s1. The Balaban J connectivity index is 2.51. The Morgan fingerprint density at radius 1 is 1.43 bits per heavy atom. The molecular formula is C12H15FN2O6. The molecule has 1 aliphatic heterocycles. The molecule has 1 aromatic rings. The van der Waals surface area contributed by atoms with Gasteiger partial charge in [0.25, 0.3) is 5.56 Å². The van der Waals surface area contributed by atoms with E-state index in [1.165, 1.54) is 13.8 Å². The number of halogens is 1. The van der Waals surface area contributed by atoms with Crippen LogP contribution < -0.4 is 11.2 Å². The first-order chi connectivity index (χ1) is 9.68. The maximum atomic E-state index is 14.8. The summed E-state index contributed by atoms with van der Waals surface area (Å²) in [5.41, 5.74) is -1.56. The number of aromatic amines is 1. The molecule has 116 valence electrons. The molecule has 0 spiro atoms. The fourth-order valence-corrected chi connectivity index (χ4v) is 2.05. The summed E-state index contributed by atoms with van der Waals surface area (Å²) in [6, 6.07) is 0.860. The highest BCUT2D eigenvalue weighted by Gasteiger charge is 2.58. The predicted octanol–water partition coefficient (Wildman–Crippen LogP) is -0.911. The van der Waals surface area contributed by atoms with Crippen molar-refractivity contribution in [2.45, 2.75) is 38.1 Å². The Morgan fingerprint density at radius 3 is 2.57 bits per heavy atom. The van der Waals surface area contributed by atoms with Gasteiger partial charge >= 0.3 is 11.7 Å². The quantitative estimate of drug-likeness (QED) is 0.524. The van der Waals surface area contributed by atoms with Crippen LogP contribution in [0.15, 0.2) is 33.2 Å². The Hall–Kier alpha value is -1.97. The van der Waals surface area contributed by atoms with Gasteiger partial charge < -0.3 is 20.1 Å². The summed E-state index contributed by atoms with van der Waals surface area (Å²) in [5, 5.41) is 29.4. The van der Waals surface area contributed by atoms with E-state index in [1.54, 1.807) is 0 Å². The van der Waals surface area contributed by atoms with Gasteiger partial charge in [0.2, 0.25) is 0 Å². The zero-order valence-electron chi connectivity index (χ0n) is 11.3. The highest BCUT2D eigenvalue weighted by Crippen LogP contribution is 2.38. The van der Waals surface area contributed by atoms with Crippen molar-refractivity contribution in [3.8, 4) is 0 Å². The summed E-state index contributed by atoms with van der Waals surface area (Å²) in [6.07, 6.45) is -4.66. The van der Waals surface area contributed by atoms with Crippen molar-refractivity contribution < 1.29 is 24.4 Å². The Morgan fingerprint density at radius 2 is 2.05 bits per heavy atom. The summed E-state index contributed by atoms with van der Waals surface area (Å²) in [4.78, 5) is 24.4. The lowest BCUT2D eigenvalue weighted by Crippen LogP contribution is -2.48. The van der Waals surface area contributed by atoms with Gasteiger partial charge in [-0.05, 0) is 19.4 Å². The number of hydrogen-bond acceptors (Lipinski definition) is 6. The number of ether oxygens (including phenoxy) is 1. The van der Waals surface area contributed by atoms with Gasteiger partial charge in [0.1, 0.15) is 18.0 Å². The normalized spacial score (nSPS) is 32.1. The van der Waals surface area contributed by atoms with Crippen LogP contribution in [-0.2, 0) is 10.7 Å². The predicted molar refractivity (Wildman–Crippen MR) is 68.3 cm³/mol. The highest BCUT2D eigenvalue weighted by molar-refractivity contribution is 5.13. The number of aliphatic hydroxyl groups excluding tert-OH is 3. The minimum absolute atomic E-state index is 0.306. The lowest BCUT2D eigenvalue weighted by Gasteiger charge is -2.24. The average Bonchev–Trinajstić information content (AvgIpc) is 2.63. The minimum Gasteiger partial charge on any atom is -0.510 e. The molecule has 0 unspecified atom stereocenters. The van der Waals surface area contributed by atoms with Gasteiger partial charge in [-0.3, -0.25) is 9.78 Å². The average molecular weight is 302 g/mol. The first-order valence-electron chi connectivity index (χ1n) is 6.10. The van der Waals surface area contributed by atoms with Crippen LogP contribution >= 0.6 is 0 Å². The second-order valence-corrected chi connectivity index (χ2v) is 4.95. The molecule has 0 radical (unpaired) electrons. The van der Waals surface area contributed by atoms with Gasteiger partial charge in [0, 0.05) is 12.3 Å². The van der Waals surface area contributed by atoms with Crippen molar-refractivity contribution in [1.82, 2.24) is 9.55 Å². The third-order valence-corrected chi connectivity index (χ3v) is 3.22. The summed E-state index contributed by atoms with van der Waals surface area (Å²) in [7, 11) is 0. The Bertz CT molecular complexity index is 691. The second-order valence-electron chi connectivity index (χ2n) is 4.95. The first kappa shape index (κ1) is 15.4. The van der Waals surface area contributed by atoms with Crippen LogP contribution in [0.1, 0.15) is 13.8 Å². The van der Waals surface area contributed by atoms with Crippen molar-refractivity contribution in [2.24, 2.45) is 0 Å². The summed E-state index contributed by atoms with van der Waals surface area (Å²) < 4.78 is 20.0. The third kappa shape index (κ3) is 2.39. The lowest BCUT2D eigenvalue weighted by molar-refractivity contribution is -0.235. The van der Waals surface area contributed by atoms with Crippen molar-refractivity contribution in [2.75, 3.05) is 0 Å². The molecule has 2 rings (SSSR count). The molecule has 4 atom stereocenters. The number of aliphatic hydroxyl groups is 3. The molecular weight excluding hydrogens is 287 g/mol. The third-order valence-electron chi connectivity index (χ3n) is 3.22. The molecule has 8 nitrogen and oxygen atoms in total. The summed E-state index contributed by atoms with van der Waals surface area (Å²) in [5.74, 6) is -3.56. The van der Waals surface area contributed by atoms with Gasteiger partial charge in [0.05, 0.1) is 0 Å². The van der Waals surface area contributed by atoms with Crippen LogP contribution in [0.5, 0.6) is 0 Å². The van der Waals surface area contributed by atoms with Crippen LogP contribution in [-0.4, -0.2) is 43.2 Å². The van der Waals surface area contributed by atoms with Gasteiger partial charge in [0.15, 0.2) is 6.10 Å². The van der Waals surface area contributed by atoms with Crippen LogP contribution in [0.25, 0.3) is 0 Å². The molecule has 1 saturated heterocycles. The first-order valence-corrected chi connectivity index (χ1v) is 6.10. The van der Waals surface area contributed by atoms with Crippen molar-refractivity contribution in [1.29, 1.82) is 0 Å². The van der Waals surface area contributed by atoms with Gasteiger partial charge in [-0.15, -0.1) is 0 Å². The van der Waals surface area contributed by atoms with Crippen LogP contribution in [0, 0.1) is 0 Å². The SMILES string of the molecule is CC(C)=C(O)[C@H]1O[C@@](F)(n2ccc(=O)[nH]c2=O)[C@H](O)[C@@H]1O. The number of allylic oxidation sites excluding steroid dienone is 1. The smallest absolute Gasteiger partial charge is 0.332 e. The number of nitrogens with zero attached hydrogens (tertiary/aromatic N) is 1.